The number of benzene rings is 2. The second-order valence-electron chi connectivity index (χ2n) is 6.23. The van der Waals surface area contributed by atoms with E-state index in [1.807, 2.05) is 57.2 Å². The highest BCUT2D eigenvalue weighted by molar-refractivity contribution is 9.09. The van der Waals surface area contributed by atoms with Gasteiger partial charge in [0.2, 0.25) is 0 Å². The lowest BCUT2D eigenvalue weighted by molar-refractivity contribution is 0.00661. The topological polar surface area (TPSA) is 35.5 Å². The van der Waals surface area contributed by atoms with Crippen molar-refractivity contribution in [1.29, 1.82) is 0 Å². The third-order valence-corrected chi connectivity index (χ3v) is 3.65. The number of ether oxygens (including phenoxy) is 2. The van der Waals surface area contributed by atoms with Gasteiger partial charge in [-0.3, -0.25) is 0 Å². The summed E-state index contributed by atoms with van der Waals surface area (Å²) in [6.45, 7) is 5.95. The van der Waals surface area contributed by atoms with Gasteiger partial charge in [-0.05, 0) is 44.5 Å². The minimum absolute atomic E-state index is 0.406. The molecule has 0 heterocycles. The average molecular weight is 412 g/mol. The second-order valence-corrected chi connectivity index (χ2v) is 7.46. The molecule has 0 radical (unpaired) electrons. The number of para-hydroxylation sites is 1. The minimum atomic E-state index is -0.574. The third kappa shape index (κ3) is 4.99. The molecule has 0 N–H and O–H groups in total. The number of hydrogen-bond acceptors (Lipinski definition) is 3. The van der Waals surface area contributed by atoms with Crippen LogP contribution in [0.3, 0.4) is 0 Å². The molecule has 0 atom stereocenters. The van der Waals surface area contributed by atoms with Gasteiger partial charge >= 0.3 is 5.97 Å². The van der Waals surface area contributed by atoms with Crippen LogP contribution in [0.1, 0.15) is 31.1 Å². The lowest BCUT2D eigenvalue weighted by Crippen LogP contribution is -2.24. The molecule has 2 aromatic carbocycles. The van der Waals surface area contributed by atoms with Gasteiger partial charge in [-0.1, -0.05) is 51.8 Å². The number of esters is 1. The number of alkyl halides is 1. The quantitative estimate of drug-likeness (QED) is 0.465. The largest absolute Gasteiger partial charge is 0.491 e. The van der Waals surface area contributed by atoms with E-state index in [9.17, 15) is 4.79 Å². The number of hydrogen-bond donors (Lipinski definition) is 0. The molecule has 0 fully saturated rings. The summed E-state index contributed by atoms with van der Waals surface area (Å²) in [5.74, 6) is 0.101. The van der Waals surface area contributed by atoms with Crippen LogP contribution in [0.4, 0.5) is 0 Å². The monoisotopic (exact) mass is 410 g/mol. The van der Waals surface area contributed by atoms with Crippen LogP contribution in [0.15, 0.2) is 42.5 Å². The smallest absolute Gasteiger partial charge is 0.342 e. The van der Waals surface area contributed by atoms with Crippen LogP contribution >= 0.6 is 27.5 Å². The summed E-state index contributed by atoms with van der Waals surface area (Å²) in [7, 11) is 0. The van der Waals surface area contributed by atoms with Gasteiger partial charge in [0.05, 0.1) is 6.61 Å². The van der Waals surface area contributed by atoms with Gasteiger partial charge in [0.15, 0.2) is 0 Å². The summed E-state index contributed by atoms with van der Waals surface area (Å²) in [5, 5.41) is 1.28. The lowest BCUT2D eigenvalue weighted by Gasteiger charge is -2.21. The van der Waals surface area contributed by atoms with E-state index in [0.717, 1.165) is 11.1 Å². The fourth-order valence-electron chi connectivity index (χ4n) is 2.21. The fourth-order valence-corrected chi connectivity index (χ4v) is 2.56. The van der Waals surface area contributed by atoms with E-state index in [-0.39, 0.29) is 0 Å². The molecule has 0 aliphatic heterocycles. The van der Waals surface area contributed by atoms with Crippen molar-refractivity contribution in [2.45, 2.75) is 26.4 Å². The molecule has 128 valence electrons. The molecule has 3 nitrogen and oxygen atoms in total. The van der Waals surface area contributed by atoms with Crippen LogP contribution in [-0.4, -0.2) is 23.5 Å². The van der Waals surface area contributed by atoms with Gasteiger partial charge in [-0.2, -0.15) is 0 Å². The van der Waals surface area contributed by atoms with E-state index in [1.165, 1.54) is 0 Å². The molecule has 24 heavy (non-hydrogen) atoms. The molecule has 5 heteroatoms. The van der Waals surface area contributed by atoms with Crippen molar-refractivity contribution in [3.63, 3.8) is 0 Å². The highest BCUT2D eigenvalue weighted by Crippen LogP contribution is 2.35. The molecular formula is C19H20BrClO3. The molecule has 0 amide bonds. The molecule has 0 saturated heterocycles. The molecule has 2 aromatic rings. The van der Waals surface area contributed by atoms with Crippen LogP contribution in [-0.2, 0) is 4.74 Å². The highest BCUT2D eigenvalue weighted by atomic mass is 79.9. The Morgan fingerprint density at radius 3 is 2.50 bits per heavy atom. The summed E-state index contributed by atoms with van der Waals surface area (Å²) in [6, 6.07) is 12.9. The Balaban J connectivity index is 2.51. The van der Waals surface area contributed by atoms with Crippen LogP contribution in [0.25, 0.3) is 11.1 Å². The van der Waals surface area contributed by atoms with Crippen LogP contribution in [0, 0.1) is 0 Å². The van der Waals surface area contributed by atoms with Crippen LogP contribution in [0.5, 0.6) is 5.75 Å². The Bertz CT molecular complexity index is 723. The van der Waals surface area contributed by atoms with E-state index in [1.54, 1.807) is 6.07 Å². The molecule has 0 aromatic heterocycles. The number of carbonyl (C=O) groups excluding carboxylic acids is 1. The van der Waals surface area contributed by atoms with E-state index in [4.69, 9.17) is 21.1 Å². The molecule has 0 bridgehead atoms. The van der Waals surface area contributed by atoms with Gasteiger partial charge in [-0.15, -0.1) is 0 Å². The SMILES string of the molecule is CC(C)(C)OC(=O)c1cccc(-c2cccc(Cl)c2)c1OCCBr. The highest BCUT2D eigenvalue weighted by Gasteiger charge is 2.23. The van der Waals surface area contributed by atoms with Crippen molar-refractivity contribution in [2.24, 2.45) is 0 Å². The summed E-state index contributed by atoms with van der Waals surface area (Å²) in [6.07, 6.45) is 0. The standard InChI is InChI=1S/C19H20BrClO3/c1-19(2,3)24-18(22)16-9-5-8-15(17(16)23-11-10-20)13-6-4-7-14(21)12-13/h4-9,12H,10-11H2,1-3H3. The number of carbonyl (C=O) groups is 1. The van der Waals surface area contributed by atoms with Gasteiger partial charge in [0.25, 0.3) is 0 Å². The second kappa shape index (κ2) is 8.04. The Labute approximate surface area is 156 Å². The van der Waals surface area contributed by atoms with Gasteiger partial charge in [-0.25, -0.2) is 4.79 Å². The number of rotatable bonds is 5. The molecule has 0 aliphatic carbocycles. The molecule has 0 saturated carbocycles. The van der Waals surface area contributed by atoms with Gasteiger partial charge in [0, 0.05) is 15.9 Å². The van der Waals surface area contributed by atoms with E-state index >= 15 is 0 Å². The summed E-state index contributed by atoms with van der Waals surface area (Å²) in [4.78, 5) is 12.6. The lowest BCUT2D eigenvalue weighted by atomic mass is 10.0. The summed E-state index contributed by atoms with van der Waals surface area (Å²) in [5.41, 5.74) is 1.53. The predicted molar refractivity (Wildman–Crippen MR) is 101 cm³/mol. The Hall–Kier alpha value is -1.52. The third-order valence-electron chi connectivity index (χ3n) is 3.09. The van der Waals surface area contributed by atoms with Crippen LogP contribution in [0.2, 0.25) is 5.02 Å². The van der Waals surface area contributed by atoms with Crippen molar-refractivity contribution >= 4 is 33.5 Å². The van der Waals surface area contributed by atoms with Crippen molar-refractivity contribution in [3.05, 3.63) is 53.1 Å². The zero-order valence-electron chi connectivity index (χ0n) is 13.9. The average Bonchev–Trinajstić information content (AvgIpc) is 2.51. The molecule has 2 rings (SSSR count). The zero-order valence-corrected chi connectivity index (χ0v) is 16.3. The Kier molecular flexibility index (Phi) is 6.30. The van der Waals surface area contributed by atoms with Crippen molar-refractivity contribution < 1.29 is 14.3 Å². The summed E-state index contributed by atoms with van der Waals surface area (Å²) >= 11 is 9.45. The first kappa shape index (κ1) is 18.8. The van der Waals surface area contributed by atoms with E-state index < -0.39 is 11.6 Å². The van der Waals surface area contributed by atoms with Gasteiger partial charge < -0.3 is 9.47 Å². The maximum Gasteiger partial charge on any atom is 0.342 e. The minimum Gasteiger partial charge on any atom is -0.491 e. The first-order valence-corrected chi connectivity index (χ1v) is 9.13. The number of halogens is 2. The predicted octanol–water partition coefficient (Wildman–Crippen LogP) is 5.74. The van der Waals surface area contributed by atoms with Crippen LogP contribution < -0.4 is 4.74 Å². The van der Waals surface area contributed by atoms with Crippen molar-refractivity contribution in [2.75, 3.05) is 11.9 Å². The van der Waals surface area contributed by atoms with Crippen molar-refractivity contribution in [3.8, 4) is 16.9 Å². The molecular weight excluding hydrogens is 392 g/mol. The summed E-state index contributed by atoms with van der Waals surface area (Å²) < 4.78 is 11.4. The van der Waals surface area contributed by atoms with Crippen molar-refractivity contribution in [1.82, 2.24) is 0 Å². The van der Waals surface area contributed by atoms with Gasteiger partial charge in [0.1, 0.15) is 16.9 Å². The maximum absolute atomic E-state index is 12.6. The first-order valence-electron chi connectivity index (χ1n) is 7.63. The first-order chi connectivity index (χ1) is 11.3. The normalized spacial score (nSPS) is 11.2. The Morgan fingerprint density at radius 1 is 1.17 bits per heavy atom. The molecule has 0 aliphatic rings. The Morgan fingerprint density at radius 2 is 1.88 bits per heavy atom. The zero-order chi connectivity index (χ0) is 17.7. The van der Waals surface area contributed by atoms with E-state index in [2.05, 4.69) is 15.9 Å². The molecule has 0 spiro atoms. The maximum atomic E-state index is 12.6. The van der Waals surface area contributed by atoms with E-state index in [0.29, 0.717) is 28.3 Å². The fraction of sp³-hybridized carbons (Fsp3) is 0.316. The molecule has 0 unspecified atom stereocenters.